The Kier molecular flexibility index (Phi) is 1.56. The first-order valence-corrected chi connectivity index (χ1v) is 4.09. The average molecular weight is 165 g/mol. The van der Waals surface area contributed by atoms with Crippen LogP contribution in [-0.2, 0) is 6.54 Å². The first-order valence-electron chi connectivity index (χ1n) is 4.09. The molecule has 1 unspecified atom stereocenters. The van der Waals surface area contributed by atoms with Gasteiger partial charge < -0.3 is 10.0 Å². The predicted octanol–water partition coefficient (Wildman–Crippen LogP) is 1.83. The minimum absolute atomic E-state index is 0.437. The normalized spacial score (nSPS) is 26.5. The molecule has 0 amide bonds. The summed E-state index contributed by atoms with van der Waals surface area (Å²) in [6.07, 6.45) is 0. The van der Waals surface area contributed by atoms with E-state index in [1.165, 1.54) is 0 Å². The van der Waals surface area contributed by atoms with Gasteiger partial charge in [0.15, 0.2) is 5.75 Å². The number of benzene rings is 1. The van der Waals surface area contributed by atoms with Gasteiger partial charge in [-0.2, -0.15) is 4.81 Å². The van der Waals surface area contributed by atoms with E-state index in [1.807, 2.05) is 31.2 Å². The molecular formula is C9H11NO2. The van der Waals surface area contributed by atoms with Crippen LogP contribution in [-0.4, -0.2) is 11.4 Å². The molecule has 12 heavy (non-hydrogen) atoms. The van der Waals surface area contributed by atoms with Gasteiger partial charge in [0.2, 0.25) is 0 Å². The summed E-state index contributed by atoms with van der Waals surface area (Å²) in [5, 5.41) is 11.6. The fourth-order valence-corrected chi connectivity index (χ4v) is 1.37. The molecule has 0 N–H and O–H groups in total. The molecule has 1 aromatic carbocycles. The maximum absolute atomic E-state index is 11.6. The highest BCUT2D eigenvalue weighted by Gasteiger charge is 2.29. The third kappa shape index (κ3) is 1.07. The molecule has 0 saturated heterocycles. The van der Waals surface area contributed by atoms with E-state index in [0.29, 0.717) is 13.1 Å². The number of quaternary nitrogens is 1. The highest BCUT2D eigenvalue weighted by Crippen LogP contribution is 2.31. The van der Waals surface area contributed by atoms with Crippen molar-refractivity contribution in [3.63, 3.8) is 0 Å². The summed E-state index contributed by atoms with van der Waals surface area (Å²) in [5.41, 5.74) is 1.01. The average Bonchev–Trinajstić information content (AvgIpc) is 2.42. The van der Waals surface area contributed by atoms with Gasteiger partial charge in [0.05, 0.1) is 5.56 Å². The molecule has 0 aliphatic carbocycles. The van der Waals surface area contributed by atoms with Gasteiger partial charge in [-0.05, 0) is 19.1 Å². The summed E-state index contributed by atoms with van der Waals surface area (Å²) in [4.78, 5) is 4.66. The van der Waals surface area contributed by atoms with Crippen LogP contribution < -0.4 is 4.84 Å². The molecule has 1 aliphatic heterocycles. The van der Waals surface area contributed by atoms with Crippen molar-refractivity contribution >= 4 is 0 Å². The molecular weight excluding hydrogens is 154 g/mol. The van der Waals surface area contributed by atoms with Crippen LogP contribution in [0.15, 0.2) is 24.3 Å². The summed E-state index contributed by atoms with van der Waals surface area (Å²) < 4.78 is 0. The Bertz CT molecular complexity index is 273. The Morgan fingerprint density at radius 1 is 1.50 bits per heavy atom. The Morgan fingerprint density at radius 2 is 2.25 bits per heavy atom. The number of hydrogen-bond donors (Lipinski definition) is 0. The molecule has 0 saturated carbocycles. The number of para-hydroxylation sites is 1. The van der Waals surface area contributed by atoms with Crippen molar-refractivity contribution < 1.29 is 9.65 Å². The SMILES string of the molecule is CC[N+]1([O-])Cc2ccccc2O1. The van der Waals surface area contributed by atoms with Gasteiger partial charge in [-0.15, -0.1) is 0 Å². The number of rotatable bonds is 1. The maximum Gasteiger partial charge on any atom is 0.199 e. The molecule has 64 valence electrons. The molecule has 2 rings (SSSR count). The van der Waals surface area contributed by atoms with E-state index in [0.717, 1.165) is 11.3 Å². The first kappa shape index (κ1) is 7.58. The minimum Gasteiger partial charge on any atom is -0.589 e. The molecule has 0 aromatic heterocycles. The van der Waals surface area contributed by atoms with Gasteiger partial charge in [-0.3, -0.25) is 0 Å². The van der Waals surface area contributed by atoms with E-state index in [-0.39, 0.29) is 0 Å². The van der Waals surface area contributed by atoms with Crippen LogP contribution in [0.1, 0.15) is 12.5 Å². The van der Waals surface area contributed by atoms with Gasteiger partial charge in [0.25, 0.3) is 0 Å². The van der Waals surface area contributed by atoms with Crippen molar-refractivity contribution in [3.8, 4) is 5.75 Å². The van der Waals surface area contributed by atoms with Crippen molar-refractivity contribution in [2.75, 3.05) is 6.54 Å². The second-order valence-corrected chi connectivity index (χ2v) is 2.99. The van der Waals surface area contributed by atoms with Gasteiger partial charge >= 0.3 is 0 Å². The lowest BCUT2D eigenvalue weighted by molar-refractivity contribution is -1.04. The Morgan fingerprint density at radius 3 is 2.92 bits per heavy atom. The highest BCUT2D eigenvalue weighted by molar-refractivity contribution is 5.33. The molecule has 1 atom stereocenters. The molecule has 1 aromatic rings. The Hall–Kier alpha value is -1.06. The fraction of sp³-hybridized carbons (Fsp3) is 0.333. The smallest absolute Gasteiger partial charge is 0.199 e. The zero-order valence-electron chi connectivity index (χ0n) is 6.99. The second kappa shape index (κ2) is 2.47. The highest BCUT2D eigenvalue weighted by atomic mass is 16.9. The van der Waals surface area contributed by atoms with Gasteiger partial charge in [-0.25, -0.2) is 0 Å². The first-order chi connectivity index (χ1) is 5.73. The lowest BCUT2D eigenvalue weighted by atomic mass is 10.2. The summed E-state index contributed by atoms with van der Waals surface area (Å²) >= 11 is 0. The van der Waals surface area contributed by atoms with E-state index in [4.69, 9.17) is 4.84 Å². The van der Waals surface area contributed by atoms with Crippen LogP contribution >= 0.6 is 0 Å². The van der Waals surface area contributed by atoms with Crippen LogP contribution in [0.2, 0.25) is 0 Å². The summed E-state index contributed by atoms with van der Waals surface area (Å²) in [7, 11) is 0. The van der Waals surface area contributed by atoms with Crippen molar-refractivity contribution in [2.45, 2.75) is 13.5 Å². The van der Waals surface area contributed by atoms with Crippen molar-refractivity contribution in [1.82, 2.24) is 0 Å². The second-order valence-electron chi connectivity index (χ2n) is 2.99. The van der Waals surface area contributed by atoms with E-state index >= 15 is 0 Å². The summed E-state index contributed by atoms with van der Waals surface area (Å²) in [6, 6.07) is 7.57. The van der Waals surface area contributed by atoms with Crippen molar-refractivity contribution in [3.05, 3.63) is 35.0 Å². The molecule has 0 spiro atoms. The number of hydrogen-bond acceptors (Lipinski definition) is 2. The van der Waals surface area contributed by atoms with Gasteiger partial charge in [0.1, 0.15) is 13.1 Å². The van der Waals surface area contributed by atoms with Crippen LogP contribution in [0.25, 0.3) is 0 Å². The van der Waals surface area contributed by atoms with Crippen LogP contribution in [0.4, 0.5) is 0 Å². The third-order valence-electron chi connectivity index (χ3n) is 2.13. The van der Waals surface area contributed by atoms with Gasteiger partial charge in [-0.1, -0.05) is 12.1 Å². The van der Waals surface area contributed by atoms with E-state index < -0.39 is 4.81 Å². The minimum atomic E-state index is -0.570. The van der Waals surface area contributed by atoms with Crippen LogP contribution in [0.3, 0.4) is 0 Å². The summed E-state index contributed by atoms with van der Waals surface area (Å²) in [6.45, 7) is 2.72. The van der Waals surface area contributed by atoms with Crippen LogP contribution in [0.5, 0.6) is 5.75 Å². The Balaban J connectivity index is 2.33. The van der Waals surface area contributed by atoms with E-state index in [9.17, 15) is 5.21 Å². The Labute approximate surface area is 71.3 Å². The van der Waals surface area contributed by atoms with Crippen molar-refractivity contribution in [2.24, 2.45) is 0 Å². The molecule has 1 aliphatic rings. The third-order valence-corrected chi connectivity index (χ3v) is 2.13. The lowest BCUT2D eigenvalue weighted by Crippen LogP contribution is -2.39. The number of nitrogens with zero attached hydrogens (tertiary/aromatic N) is 1. The number of fused-ring (bicyclic) bond motifs is 1. The molecule has 1 heterocycles. The molecule has 3 heteroatoms. The summed E-state index contributed by atoms with van der Waals surface area (Å²) in [5.74, 6) is 0.731. The van der Waals surface area contributed by atoms with Gasteiger partial charge in [0, 0.05) is 0 Å². The quantitative estimate of drug-likeness (QED) is 0.469. The fourth-order valence-electron chi connectivity index (χ4n) is 1.37. The molecule has 3 nitrogen and oxygen atoms in total. The largest absolute Gasteiger partial charge is 0.589 e. The molecule has 0 bridgehead atoms. The monoisotopic (exact) mass is 165 g/mol. The lowest BCUT2D eigenvalue weighted by Gasteiger charge is -2.32. The van der Waals surface area contributed by atoms with Crippen LogP contribution in [0, 0.1) is 5.21 Å². The number of hydroxylamine groups is 4. The molecule has 0 radical (unpaired) electrons. The predicted molar refractivity (Wildman–Crippen MR) is 44.9 cm³/mol. The topological polar surface area (TPSA) is 32.3 Å². The molecule has 0 fully saturated rings. The van der Waals surface area contributed by atoms with E-state index in [1.54, 1.807) is 0 Å². The van der Waals surface area contributed by atoms with Crippen molar-refractivity contribution in [1.29, 1.82) is 0 Å². The zero-order valence-corrected chi connectivity index (χ0v) is 6.99. The standard InChI is InChI=1S/C9H11NO2/c1-2-10(11)7-8-5-3-4-6-9(8)12-10/h3-6H,2,7H2,1H3. The van der Waals surface area contributed by atoms with E-state index in [2.05, 4.69) is 0 Å². The zero-order chi connectivity index (χ0) is 8.60. The maximum atomic E-state index is 11.6.